The molecule has 7 nitrogen and oxygen atoms in total. The first-order valence-electron chi connectivity index (χ1n) is 10.1. The molecule has 10 heteroatoms. The second-order valence-electron chi connectivity index (χ2n) is 7.44. The molecular formula is C23H20F3N5O2. The third kappa shape index (κ3) is 4.74. The molecule has 1 unspecified atom stereocenters. The summed E-state index contributed by atoms with van der Waals surface area (Å²) in [5, 5.41) is 6.89. The minimum absolute atomic E-state index is 0.0496. The number of hydrogen-bond acceptors (Lipinski definition) is 3. The first kappa shape index (κ1) is 22.1. The van der Waals surface area contributed by atoms with Crippen molar-refractivity contribution in [1.82, 2.24) is 20.0 Å². The summed E-state index contributed by atoms with van der Waals surface area (Å²) in [5.41, 5.74) is 0.744. The van der Waals surface area contributed by atoms with Crippen LogP contribution >= 0.6 is 0 Å². The Morgan fingerprint density at radius 1 is 1.09 bits per heavy atom. The van der Waals surface area contributed by atoms with Gasteiger partial charge in [0, 0.05) is 30.2 Å². The largest absolute Gasteiger partial charge is 0.416 e. The Morgan fingerprint density at radius 2 is 1.82 bits per heavy atom. The molecule has 4 amide bonds. The number of para-hydroxylation sites is 1. The highest BCUT2D eigenvalue weighted by Gasteiger charge is 2.35. The van der Waals surface area contributed by atoms with Crippen LogP contribution in [0.15, 0.2) is 79.3 Å². The van der Waals surface area contributed by atoms with E-state index in [4.69, 9.17) is 0 Å². The van der Waals surface area contributed by atoms with Crippen molar-refractivity contribution >= 4 is 17.7 Å². The van der Waals surface area contributed by atoms with E-state index in [2.05, 4.69) is 10.4 Å². The number of carbonyl (C=O) groups excluding carboxylic acids is 2. The number of aromatic nitrogens is 2. The third-order valence-corrected chi connectivity index (χ3v) is 5.10. The number of rotatable bonds is 4. The molecule has 33 heavy (non-hydrogen) atoms. The number of halogens is 3. The number of nitrogens with zero attached hydrogens (tertiary/aromatic N) is 4. The third-order valence-electron chi connectivity index (χ3n) is 5.10. The van der Waals surface area contributed by atoms with Gasteiger partial charge in [-0.15, -0.1) is 0 Å². The highest BCUT2D eigenvalue weighted by atomic mass is 19.4. The van der Waals surface area contributed by atoms with Crippen molar-refractivity contribution < 1.29 is 22.8 Å². The molecule has 1 aromatic heterocycles. The van der Waals surface area contributed by atoms with Gasteiger partial charge in [-0.1, -0.05) is 24.3 Å². The molecule has 0 radical (unpaired) electrons. The number of urea groups is 2. The highest BCUT2D eigenvalue weighted by molar-refractivity contribution is 6.04. The maximum atomic E-state index is 13.1. The van der Waals surface area contributed by atoms with E-state index in [0.717, 1.165) is 27.6 Å². The number of imide groups is 1. The summed E-state index contributed by atoms with van der Waals surface area (Å²) < 4.78 is 41.0. The van der Waals surface area contributed by atoms with Gasteiger partial charge in [-0.05, 0) is 43.3 Å². The predicted molar refractivity (Wildman–Crippen MR) is 116 cm³/mol. The molecular weight excluding hydrogens is 435 g/mol. The lowest BCUT2D eigenvalue weighted by atomic mass is 10.1. The Balaban J connectivity index is 1.46. The fourth-order valence-corrected chi connectivity index (χ4v) is 3.42. The van der Waals surface area contributed by atoms with E-state index in [1.165, 1.54) is 18.3 Å². The highest BCUT2D eigenvalue weighted by Crippen LogP contribution is 2.33. The fraction of sp³-hybridized carbons (Fsp3) is 0.174. The normalized spacial score (nSPS) is 16.2. The standard InChI is InChI=1S/C23H20F3N5O2/c1-16-10-11-29(22(33)31(16)20-9-5-6-18(12-20)23(24,25)26)21(32)27-13-17-14-28-30(15-17)19-7-3-2-4-8-19/h2-12,14-16H,13H2,1H3,(H,27,32). The maximum Gasteiger partial charge on any atom is 0.416 e. The van der Waals surface area contributed by atoms with E-state index < -0.39 is 29.8 Å². The topological polar surface area (TPSA) is 70.5 Å². The zero-order chi connectivity index (χ0) is 23.6. The second-order valence-corrected chi connectivity index (χ2v) is 7.44. The van der Waals surface area contributed by atoms with Crippen LogP contribution in [0.25, 0.3) is 5.69 Å². The Hall–Kier alpha value is -4.08. The zero-order valence-corrected chi connectivity index (χ0v) is 17.5. The molecule has 2 heterocycles. The minimum Gasteiger partial charge on any atom is -0.333 e. The van der Waals surface area contributed by atoms with Crippen LogP contribution in [-0.4, -0.2) is 32.8 Å². The zero-order valence-electron chi connectivity index (χ0n) is 17.5. The van der Waals surface area contributed by atoms with Gasteiger partial charge in [0.15, 0.2) is 0 Å². The molecule has 1 aliphatic rings. The van der Waals surface area contributed by atoms with Crippen LogP contribution in [0.5, 0.6) is 0 Å². The van der Waals surface area contributed by atoms with Crippen molar-refractivity contribution in [2.75, 3.05) is 4.90 Å². The Kier molecular flexibility index (Phi) is 5.91. The van der Waals surface area contributed by atoms with E-state index in [1.807, 2.05) is 30.3 Å². The van der Waals surface area contributed by atoms with Gasteiger partial charge in [-0.3, -0.25) is 4.90 Å². The van der Waals surface area contributed by atoms with Crippen LogP contribution in [0.2, 0.25) is 0 Å². The number of anilines is 1. The van der Waals surface area contributed by atoms with Crippen molar-refractivity contribution in [1.29, 1.82) is 0 Å². The second kappa shape index (κ2) is 8.81. The molecule has 0 fully saturated rings. The lowest BCUT2D eigenvalue weighted by molar-refractivity contribution is -0.137. The van der Waals surface area contributed by atoms with E-state index in [-0.39, 0.29) is 12.2 Å². The van der Waals surface area contributed by atoms with Crippen LogP contribution < -0.4 is 10.2 Å². The predicted octanol–water partition coefficient (Wildman–Crippen LogP) is 4.95. The van der Waals surface area contributed by atoms with Crippen molar-refractivity contribution in [3.05, 3.63) is 90.4 Å². The van der Waals surface area contributed by atoms with Gasteiger partial charge >= 0.3 is 18.2 Å². The van der Waals surface area contributed by atoms with Gasteiger partial charge in [-0.25, -0.2) is 19.2 Å². The molecule has 2 aromatic carbocycles. The summed E-state index contributed by atoms with van der Waals surface area (Å²) in [7, 11) is 0. The fourth-order valence-electron chi connectivity index (χ4n) is 3.42. The first-order chi connectivity index (χ1) is 15.7. The average Bonchev–Trinajstić information content (AvgIpc) is 3.27. The summed E-state index contributed by atoms with van der Waals surface area (Å²) in [6.45, 7) is 1.77. The number of hydrogen-bond donors (Lipinski definition) is 1. The van der Waals surface area contributed by atoms with Crippen molar-refractivity contribution in [3.8, 4) is 5.69 Å². The number of nitrogens with one attached hydrogen (secondary N) is 1. The Bertz CT molecular complexity index is 1190. The molecule has 1 atom stereocenters. The number of alkyl halides is 3. The summed E-state index contributed by atoms with van der Waals surface area (Å²) in [4.78, 5) is 27.6. The molecule has 0 bridgehead atoms. The number of carbonyl (C=O) groups is 2. The van der Waals surface area contributed by atoms with Gasteiger partial charge < -0.3 is 5.32 Å². The average molecular weight is 455 g/mol. The molecule has 170 valence electrons. The van der Waals surface area contributed by atoms with Crippen molar-refractivity contribution in [2.24, 2.45) is 0 Å². The smallest absolute Gasteiger partial charge is 0.333 e. The van der Waals surface area contributed by atoms with Crippen LogP contribution in [0.3, 0.4) is 0 Å². The summed E-state index contributed by atoms with van der Waals surface area (Å²) in [6, 6.07) is 11.9. The molecule has 1 N–H and O–H groups in total. The van der Waals surface area contributed by atoms with Gasteiger partial charge in [-0.2, -0.15) is 18.3 Å². The summed E-state index contributed by atoms with van der Waals surface area (Å²) in [5.74, 6) is 0. The van der Waals surface area contributed by atoms with Gasteiger partial charge in [0.2, 0.25) is 0 Å². The van der Waals surface area contributed by atoms with E-state index in [0.29, 0.717) is 5.56 Å². The minimum atomic E-state index is -4.55. The van der Waals surface area contributed by atoms with Crippen LogP contribution in [-0.2, 0) is 12.7 Å². The van der Waals surface area contributed by atoms with Crippen molar-refractivity contribution in [2.45, 2.75) is 25.7 Å². The molecule has 0 spiro atoms. The summed E-state index contributed by atoms with van der Waals surface area (Å²) in [6.07, 6.45) is 1.68. The maximum absolute atomic E-state index is 13.1. The van der Waals surface area contributed by atoms with E-state index in [1.54, 1.807) is 30.1 Å². The first-order valence-corrected chi connectivity index (χ1v) is 10.1. The van der Waals surface area contributed by atoms with Gasteiger partial charge in [0.1, 0.15) is 0 Å². The molecule has 1 aliphatic heterocycles. The molecule has 3 aromatic rings. The van der Waals surface area contributed by atoms with E-state index >= 15 is 0 Å². The molecule has 0 saturated carbocycles. The molecule has 0 aliphatic carbocycles. The van der Waals surface area contributed by atoms with Crippen LogP contribution in [0.4, 0.5) is 28.4 Å². The Morgan fingerprint density at radius 3 is 2.55 bits per heavy atom. The van der Waals surface area contributed by atoms with Crippen LogP contribution in [0.1, 0.15) is 18.1 Å². The molecule has 4 rings (SSSR count). The summed E-state index contributed by atoms with van der Waals surface area (Å²) >= 11 is 0. The van der Waals surface area contributed by atoms with Crippen LogP contribution in [0, 0.1) is 0 Å². The quantitative estimate of drug-likeness (QED) is 0.606. The lowest BCUT2D eigenvalue weighted by Crippen LogP contribution is -2.52. The van der Waals surface area contributed by atoms with Crippen molar-refractivity contribution in [3.63, 3.8) is 0 Å². The number of amides is 4. The SMILES string of the molecule is CC1C=CN(C(=O)NCc2cnn(-c3ccccc3)c2)C(=O)N1c1cccc(C(F)(F)F)c1. The monoisotopic (exact) mass is 455 g/mol. The Labute approximate surface area is 187 Å². The number of benzene rings is 2. The van der Waals surface area contributed by atoms with Gasteiger partial charge in [0.25, 0.3) is 0 Å². The molecule has 0 saturated heterocycles. The van der Waals surface area contributed by atoms with Gasteiger partial charge in [0.05, 0.1) is 23.5 Å². The van der Waals surface area contributed by atoms with E-state index in [9.17, 15) is 22.8 Å². The lowest BCUT2D eigenvalue weighted by Gasteiger charge is -2.35.